The lowest BCUT2D eigenvalue weighted by Gasteiger charge is -2.20. The topological polar surface area (TPSA) is 79.3 Å². The first-order chi connectivity index (χ1) is 21.4. The van der Waals surface area contributed by atoms with Crippen LogP contribution in [0.1, 0.15) is 72.8 Å². The van der Waals surface area contributed by atoms with Crippen molar-refractivity contribution in [3.63, 3.8) is 0 Å². The summed E-state index contributed by atoms with van der Waals surface area (Å²) in [6.45, 7) is 5.91. The van der Waals surface area contributed by atoms with Gasteiger partial charge in [0.2, 0.25) is 0 Å². The molecule has 5 nitrogen and oxygen atoms in total. The number of anilines is 1. The molecule has 0 saturated carbocycles. The van der Waals surface area contributed by atoms with Crippen LogP contribution in [-0.2, 0) is 29.1 Å². The van der Waals surface area contributed by atoms with Gasteiger partial charge in [-0.15, -0.1) is 0 Å². The van der Waals surface area contributed by atoms with Crippen molar-refractivity contribution in [3.05, 3.63) is 107 Å². The van der Waals surface area contributed by atoms with Crippen LogP contribution in [0.15, 0.2) is 79.0 Å². The Labute approximate surface area is 262 Å². The van der Waals surface area contributed by atoms with E-state index in [1.165, 1.54) is 36.5 Å². The van der Waals surface area contributed by atoms with Crippen molar-refractivity contribution in [1.29, 1.82) is 0 Å². The first-order valence-corrected chi connectivity index (χ1v) is 14.4. The summed E-state index contributed by atoms with van der Waals surface area (Å²) in [6.07, 6.45) is -8.22. The van der Waals surface area contributed by atoms with Gasteiger partial charge in [0.05, 0.1) is 11.1 Å². The van der Waals surface area contributed by atoms with Crippen molar-refractivity contribution in [1.82, 2.24) is 4.98 Å². The number of nitrogens with one attached hydrogen (secondary N) is 1. The van der Waals surface area contributed by atoms with Crippen molar-refractivity contribution in [2.24, 2.45) is 0 Å². The number of carboxylic acids is 1. The van der Waals surface area contributed by atoms with E-state index >= 15 is 0 Å². The van der Waals surface area contributed by atoms with Crippen molar-refractivity contribution in [3.8, 4) is 22.3 Å². The highest BCUT2D eigenvalue weighted by atomic mass is 19.4. The summed E-state index contributed by atoms with van der Waals surface area (Å²) in [6, 6.07) is 16.5. The lowest BCUT2D eigenvalue weighted by molar-refractivity contribution is -0.138. The minimum absolute atomic E-state index is 0.00241. The number of rotatable bonds is 10. The SMILES string of the molecule is CC(C)(C)c1ccc(-c2ccc(NCc3ccc(C(F)(F)F)cc3-c3ccc(C(=O)CCCC(=O)O)nc3)cc2C(F)(F)F)cc1. The van der Waals surface area contributed by atoms with Gasteiger partial charge in [-0.3, -0.25) is 14.6 Å². The average molecular weight is 643 g/mol. The number of nitrogens with zero attached hydrogens (tertiary/aromatic N) is 1. The number of alkyl halides is 6. The molecule has 11 heteroatoms. The number of pyridine rings is 1. The molecule has 0 radical (unpaired) electrons. The van der Waals surface area contributed by atoms with Gasteiger partial charge < -0.3 is 10.4 Å². The second-order valence-corrected chi connectivity index (χ2v) is 11.9. The molecule has 46 heavy (non-hydrogen) atoms. The van der Waals surface area contributed by atoms with E-state index < -0.39 is 35.2 Å². The molecule has 4 aromatic rings. The smallest absolute Gasteiger partial charge is 0.417 e. The lowest BCUT2D eigenvalue weighted by Crippen LogP contribution is -2.11. The molecular weight excluding hydrogens is 610 g/mol. The van der Waals surface area contributed by atoms with E-state index in [1.807, 2.05) is 20.8 Å². The fraction of sp³-hybridized carbons (Fsp3) is 0.286. The average Bonchev–Trinajstić information content (AvgIpc) is 2.98. The number of benzene rings is 3. The number of carbonyl (C=O) groups is 2. The first kappa shape index (κ1) is 34.2. The molecule has 0 aliphatic heterocycles. The highest BCUT2D eigenvalue weighted by Gasteiger charge is 2.34. The lowest BCUT2D eigenvalue weighted by atomic mass is 9.86. The van der Waals surface area contributed by atoms with E-state index in [2.05, 4.69) is 10.3 Å². The standard InChI is InChI=1S/C35H32F6N2O3/c1-33(2,3)24-11-7-21(8-12-24)27-15-14-26(18-29(27)35(39,40)41)42-19-22-9-13-25(34(36,37)38)17-28(22)23-10-16-30(43-20-23)31(44)5-4-6-32(45)46/h7-18,20,42H,4-6,19H2,1-3H3,(H,45,46). The summed E-state index contributed by atoms with van der Waals surface area (Å²) in [7, 11) is 0. The van der Waals surface area contributed by atoms with Crippen LogP contribution < -0.4 is 5.32 Å². The van der Waals surface area contributed by atoms with Gasteiger partial charge in [0.15, 0.2) is 5.78 Å². The van der Waals surface area contributed by atoms with Gasteiger partial charge in [-0.1, -0.05) is 63.2 Å². The molecule has 1 aromatic heterocycles. The number of hydrogen-bond donors (Lipinski definition) is 2. The van der Waals surface area contributed by atoms with E-state index in [0.717, 1.165) is 23.8 Å². The predicted molar refractivity (Wildman–Crippen MR) is 163 cm³/mol. The molecule has 0 saturated heterocycles. The Bertz CT molecular complexity index is 1710. The fourth-order valence-corrected chi connectivity index (χ4v) is 4.91. The molecule has 0 fully saturated rings. The van der Waals surface area contributed by atoms with Gasteiger partial charge in [-0.05, 0) is 70.0 Å². The molecule has 242 valence electrons. The Balaban J connectivity index is 1.62. The van der Waals surface area contributed by atoms with Crippen LogP contribution in [0.5, 0.6) is 0 Å². The van der Waals surface area contributed by atoms with Crippen LogP contribution in [0.4, 0.5) is 32.0 Å². The quantitative estimate of drug-likeness (QED) is 0.133. The fourth-order valence-electron chi connectivity index (χ4n) is 4.91. The normalized spacial score (nSPS) is 12.2. The summed E-state index contributed by atoms with van der Waals surface area (Å²) in [5, 5.41) is 11.7. The van der Waals surface area contributed by atoms with Crippen LogP contribution in [0.25, 0.3) is 22.3 Å². The summed E-state index contributed by atoms with van der Waals surface area (Å²) in [5.41, 5.74) is 0.306. The summed E-state index contributed by atoms with van der Waals surface area (Å²) in [5.74, 6) is -1.45. The zero-order valence-corrected chi connectivity index (χ0v) is 25.3. The molecule has 0 spiro atoms. The maximum atomic E-state index is 14.2. The number of carboxylic acid groups (broad SMARTS) is 1. The Kier molecular flexibility index (Phi) is 9.94. The molecule has 0 unspecified atom stereocenters. The van der Waals surface area contributed by atoms with Gasteiger partial charge in [0, 0.05) is 36.8 Å². The highest BCUT2D eigenvalue weighted by Crippen LogP contribution is 2.40. The second-order valence-electron chi connectivity index (χ2n) is 11.9. The first-order valence-electron chi connectivity index (χ1n) is 14.4. The Hall–Kier alpha value is -4.67. The molecular formula is C35H32F6N2O3. The number of aliphatic carboxylic acids is 1. The van der Waals surface area contributed by atoms with Gasteiger partial charge in [0.1, 0.15) is 5.69 Å². The number of ketones is 1. The van der Waals surface area contributed by atoms with Crippen LogP contribution in [0, 0.1) is 0 Å². The van der Waals surface area contributed by atoms with Crippen LogP contribution in [0.2, 0.25) is 0 Å². The van der Waals surface area contributed by atoms with E-state index in [4.69, 9.17) is 5.11 Å². The largest absolute Gasteiger partial charge is 0.481 e. The van der Waals surface area contributed by atoms with E-state index in [0.29, 0.717) is 11.1 Å². The monoisotopic (exact) mass is 642 g/mol. The molecule has 0 aliphatic rings. The van der Waals surface area contributed by atoms with E-state index in [1.54, 1.807) is 24.3 Å². The summed E-state index contributed by atoms with van der Waals surface area (Å²) >= 11 is 0. The Morgan fingerprint density at radius 1 is 0.739 bits per heavy atom. The predicted octanol–water partition coefficient (Wildman–Crippen LogP) is 9.80. The minimum Gasteiger partial charge on any atom is -0.481 e. The summed E-state index contributed by atoms with van der Waals surface area (Å²) in [4.78, 5) is 27.1. The number of Topliss-reactive ketones (excluding diaryl/α,β-unsaturated/α-hetero) is 1. The zero-order valence-electron chi connectivity index (χ0n) is 25.3. The molecule has 2 N–H and O–H groups in total. The van der Waals surface area contributed by atoms with Gasteiger partial charge in [-0.2, -0.15) is 26.3 Å². The molecule has 0 amide bonds. The number of hydrogen-bond acceptors (Lipinski definition) is 4. The van der Waals surface area contributed by atoms with Crippen LogP contribution >= 0.6 is 0 Å². The van der Waals surface area contributed by atoms with E-state index in [-0.39, 0.29) is 59.3 Å². The zero-order chi connectivity index (χ0) is 33.9. The van der Waals surface area contributed by atoms with Crippen molar-refractivity contribution < 1.29 is 41.0 Å². The third kappa shape index (κ3) is 8.52. The minimum atomic E-state index is -4.67. The molecule has 3 aromatic carbocycles. The van der Waals surface area contributed by atoms with Gasteiger partial charge in [0.25, 0.3) is 0 Å². The Morgan fingerprint density at radius 2 is 1.39 bits per heavy atom. The highest BCUT2D eigenvalue weighted by molar-refractivity contribution is 5.94. The van der Waals surface area contributed by atoms with Crippen LogP contribution in [-0.4, -0.2) is 21.8 Å². The van der Waals surface area contributed by atoms with Crippen molar-refractivity contribution in [2.45, 2.75) is 64.3 Å². The van der Waals surface area contributed by atoms with E-state index in [9.17, 15) is 35.9 Å². The number of carbonyl (C=O) groups excluding carboxylic acids is 1. The third-order valence-corrected chi connectivity index (χ3v) is 7.46. The maximum Gasteiger partial charge on any atom is 0.417 e. The molecule has 4 rings (SSSR count). The molecule has 0 aliphatic carbocycles. The Morgan fingerprint density at radius 3 is 1.96 bits per heavy atom. The van der Waals surface area contributed by atoms with Crippen molar-refractivity contribution >= 4 is 17.4 Å². The second kappa shape index (κ2) is 13.4. The van der Waals surface area contributed by atoms with Gasteiger partial charge in [-0.25, -0.2) is 0 Å². The molecule has 0 bridgehead atoms. The molecule has 0 atom stereocenters. The van der Waals surface area contributed by atoms with Gasteiger partial charge >= 0.3 is 18.3 Å². The van der Waals surface area contributed by atoms with Crippen molar-refractivity contribution in [2.75, 3.05) is 5.32 Å². The molecule has 1 heterocycles. The van der Waals surface area contributed by atoms with Crippen LogP contribution in [0.3, 0.4) is 0 Å². The number of aromatic nitrogens is 1. The third-order valence-electron chi connectivity index (χ3n) is 7.46. The maximum absolute atomic E-state index is 14.2. The summed E-state index contributed by atoms with van der Waals surface area (Å²) < 4.78 is 83.4. The number of halogens is 6.